The second-order valence-electron chi connectivity index (χ2n) is 6.82. The first-order valence-corrected chi connectivity index (χ1v) is 11.1. The van der Waals surface area contributed by atoms with Crippen molar-refractivity contribution in [2.45, 2.75) is 30.6 Å². The third kappa shape index (κ3) is 3.60. The minimum atomic E-state index is -3.93. The molecule has 10 heteroatoms. The Morgan fingerprint density at radius 3 is 2.66 bits per heavy atom. The van der Waals surface area contributed by atoms with Gasteiger partial charge in [-0.05, 0) is 61.7 Å². The molecule has 2 heterocycles. The molecule has 1 aromatic heterocycles. The van der Waals surface area contributed by atoms with Crippen LogP contribution in [0.3, 0.4) is 0 Å². The molecule has 1 atom stereocenters. The van der Waals surface area contributed by atoms with E-state index in [0.717, 1.165) is 22.5 Å². The van der Waals surface area contributed by atoms with Crippen molar-refractivity contribution in [1.29, 1.82) is 0 Å². The van der Waals surface area contributed by atoms with Crippen molar-refractivity contribution in [3.63, 3.8) is 0 Å². The molecule has 0 spiro atoms. The molecule has 0 radical (unpaired) electrons. The van der Waals surface area contributed by atoms with E-state index in [4.69, 9.17) is 0 Å². The van der Waals surface area contributed by atoms with Gasteiger partial charge in [-0.15, -0.1) is 10.2 Å². The Labute approximate surface area is 171 Å². The first-order chi connectivity index (χ1) is 13.8. The molecule has 1 amide bonds. The van der Waals surface area contributed by atoms with Crippen molar-refractivity contribution in [1.82, 2.24) is 10.2 Å². The number of amides is 1. The largest absolute Gasteiger partial charge is 0.296 e. The Hall–Kier alpha value is -2.85. The van der Waals surface area contributed by atoms with E-state index in [1.54, 1.807) is 0 Å². The van der Waals surface area contributed by atoms with Crippen LogP contribution in [0.5, 0.6) is 0 Å². The zero-order valence-corrected chi connectivity index (χ0v) is 17.2. The fourth-order valence-electron chi connectivity index (χ4n) is 3.28. The molecule has 0 aliphatic carbocycles. The van der Waals surface area contributed by atoms with Gasteiger partial charge >= 0.3 is 0 Å². The lowest BCUT2D eigenvalue weighted by atomic mass is 10.1. The number of nitrogens with zero attached hydrogens (tertiary/aromatic N) is 3. The number of anilines is 2. The summed E-state index contributed by atoms with van der Waals surface area (Å²) in [4.78, 5) is 12.2. The number of sulfonamides is 1. The first-order valence-electron chi connectivity index (χ1n) is 8.80. The summed E-state index contributed by atoms with van der Waals surface area (Å²) in [6, 6.07) is 10.5. The highest BCUT2D eigenvalue weighted by Gasteiger charge is 2.38. The Bertz CT molecular complexity index is 1190. The van der Waals surface area contributed by atoms with E-state index in [2.05, 4.69) is 15.5 Å². The lowest BCUT2D eigenvalue weighted by Crippen LogP contribution is -2.35. The normalized spacial score (nSPS) is 16.0. The van der Waals surface area contributed by atoms with Crippen molar-refractivity contribution in [2.24, 2.45) is 0 Å². The standard InChI is InChI=1S/C19H17FN4O3S2/c1-11-3-4-14-10-12(2)24(16(14)9-11)29(26,27)19-23-22-18(28-19)21-17(25)13-5-7-15(20)8-6-13/h3-9,12H,10H2,1-2H3,(H,21,22,25)/t12-/m1/s1. The van der Waals surface area contributed by atoms with Crippen molar-refractivity contribution >= 4 is 38.1 Å². The van der Waals surface area contributed by atoms with Gasteiger partial charge in [0.25, 0.3) is 20.3 Å². The van der Waals surface area contributed by atoms with Gasteiger partial charge in [0.15, 0.2) is 0 Å². The second kappa shape index (κ2) is 7.20. The van der Waals surface area contributed by atoms with E-state index in [-0.39, 0.29) is 21.1 Å². The molecule has 1 N–H and O–H groups in total. The number of carbonyl (C=O) groups excluding carboxylic acids is 1. The van der Waals surface area contributed by atoms with E-state index in [0.29, 0.717) is 12.1 Å². The minimum absolute atomic E-state index is 0.0502. The summed E-state index contributed by atoms with van der Waals surface area (Å²) in [5.74, 6) is -0.985. The van der Waals surface area contributed by atoms with Gasteiger partial charge in [0, 0.05) is 11.6 Å². The molecule has 29 heavy (non-hydrogen) atoms. The highest BCUT2D eigenvalue weighted by Crippen LogP contribution is 2.38. The lowest BCUT2D eigenvalue weighted by molar-refractivity contribution is 0.102. The van der Waals surface area contributed by atoms with Gasteiger partial charge in [-0.2, -0.15) is 8.42 Å². The molecule has 1 aliphatic heterocycles. The highest BCUT2D eigenvalue weighted by atomic mass is 32.2. The van der Waals surface area contributed by atoms with Crippen LogP contribution in [0, 0.1) is 12.7 Å². The van der Waals surface area contributed by atoms with E-state index in [1.807, 2.05) is 32.0 Å². The number of rotatable bonds is 4. The molecular weight excluding hydrogens is 415 g/mol. The molecule has 1 aliphatic rings. The zero-order chi connectivity index (χ0) is 20.8. The number of benzene rings is 2. The van der Waals surface area contributed by atoms with Gasteiger partial charge in [0.1, 0.15) is 5.82 Å². The molecule has 2 aromatic carbocycles. The molecule has 3 aromatic rings. The van der Waals surface area contributed by atoms with Gasteiger partial charge in [-0.3, -0.25) is 14.4 Å². The number of aromatic nitrogens is 2. The maximum absolute atomic E-state index is 13.2. The van der Waals surface area contributed by atoms with Crippen molar-refractivity contribution in [2.75, 3.05) is 9.62 Å². The van der Waals surface area contributed by atoms with Crippen molar-refractivity contribution in [3.05, 3.63) is 65.0 Å². The summed E-state index contributed by atoms with van der Waals surface area (Å²) >= 11 is 0.776. The minimum Gasteiger partial charge on any atom is -0.296 e. The van der Waals surface area contributed by atoms with Crippen LogP contribution in [0.25, 0.3) is 0 Å². The van der Waals surface area contributed by atoms with Crippen LogP contribution in [0.15, 0.2) is 46.8 Å². The summed E-state index contributed by atoms with van der Waals surface area (Å²) in [5, 5.41) is 10.1. The van der Waals surface area contributed by atoms with Gasteiger partial charge in [-0.1, -0.05) is 23.5 Å². The van der Waals surface area contributed by atoms with Crippen molar-refractivity contribution in [3.8, 4) is 0 Å². The molecular formula is C19H17FN4O3S2. The number of fused-ring (bicyclic) bond motifs is 1. The van der Waals surface area contributed by atoms with E-state index < -0.39 is 21.7 Å². The topological polar surface area (TPSA) is 92.3 Å². The molecule has 0 unspecified atom stereocenters. The monoisotopic (exact) mass is 432 g/mol. The molecule has 0 saturated carbocycles. The van der Waals surface area contributed by atoms with Crippen LogP contribution < -0.4 is 9.62 Å². The molecule has 4 rings (SSSR count). The second-order valence-corrected chi connectivity index (χ2v) is 9.79. The average Bonchev–Trinajstić information content (AvgIpc) is 3.26. The summed E-state index contributed by atoms with van der Waals surface area (Å²) < 4.78 is 40.6. The Morgan fingerprint density at radius 1 is 1.21 bits per heavy atom. The number of aryl methyl sites for hydroxylation is 1. The predicted octanol–water partition coefficient (Wildman–Crippen LogP) is 3.38. The summed E-state index contributed by atoms with van der Waals surface area (Å²) in [7, 11) is -3.93. The Morgan fingerprint density at radius 2 is 1.93 bits per heavy atom. The van der Waals surface area contributed by atoms with E-state index >= 15 is 0 Å². The van der Waals surface area contributed by atoms with Crippen LogP contribution in [0.4, 0.5) is 15.2 Å². The maximum atomic E-state index is 13.2. The fraction of sp³-hybridized carbons (Fsp3) is 0.211. The highest BCUT2D eigenvalue weighted by molar-refractivity contribution is 7.94. The van der Waals surface area contributed by atoms with Crippen LogP contribution in [0.1, 0.15) is 28.4 Å². The SMILES string of the molecule is Cc1ccc2c(c1)N(S(=O)(=O)c1nnc(NC(=O)c3ccc(F)cc3)s1)[C@H](C)C2. The molecule has 7 nitrogen and oxygen atoms in total. The Kier molecular flexibility index (Phi) is 4.83. The van der Waals surface area contributed by atoms with Crippen molar-refractivity contribution < 1.29 is 17.6 Å². The number of nitrogens with one attached hydrogen (secondary N) is 1. The van der Waals surface area contributed by atoms with Crippen LogP contribution >= 0.6 is 11.3 Å². The van der Waals surface area contributed by atoms with Crippen LogP contribution in [-0.4, -0.2) is 30.6 Å². The first kappa shape index (κ1) is 19.5. The van der Waals surface area contributed by atoms with Crippen LogP contribution in [-0.2, 0) is 16.4 Å². The molecule has 0 bridgehead atoms. The number of hydrogen-bond acceptors (Lipinski definition) is 6. The fourth-order valence-corrected chi connectivity index (χ4v) is 5.94. The number of halogens is 1. The van der Waals surface area contributed by atoms with Crippen LogP contribution in [0.2, 0.25) is 0 Å². The quantitative estimate of drug-likeness (QED) is 0.638. The van der Waals surface area contributed by atoms with Gasteiger partial charge < -0.3 is 0 Å². The number of carbonyl (C=O) groups is 1. The summed E-state index contributed by atoms with van der Waals surface area (Å²) in [6.45, 7) is 3.74. The third-order valence-corrected chi connectivity index (χ3v) is 7.72. The average molecular weight is 433 g/mol. The van der Waals surface area contributed by atoms with Gasteiger partial charge in [0.2, 0.25) is 5.13 Å². The maximum Gasteiger partial charge on any atom is 0.293 e. The summed E-state index contributed by atoms with van der Waals surface area (Å²) in [5.41, 5.74) is 2.79. The predicted molar refractivity (Wildman–Crippen MR) is 108 cm³/mol. The van der Waals surface area contributed by atoms with E-state index in [9.17, 15) is 17.6 Å². The molecule has 150 valence electrons. The van der Waals surface area contributed by atoms with Gasteiger partial charge in [0.05, 0.1) is 5.69 Å². The molecule has 0 saturated heterocycles. The summed E-state index contributed by atoms with van der Waals surface area (Å²) in [6.07, 6.45) is 0.613. The molecule has 0 fully saturated rings. The zero-order valence-electron chi connectivity index (χ0n) is 15.6. The Balaban J connectivity index is 1.60. The third-order valence-electron chi connectivity index (χ3n) is 4.61. The smallest absolute Gasteiger partial charge is 0.293 e. The number of hydrogen-bond donors (Lipinski definition) is 1. The van der Waals surface area contributed by atoms with E-state index in [1.165, 1.54) is 28.6 Å². The lowest BCUT2D eigenvalue weighted by Gasteiger charge is -2.22. The van der Waals surface area contributed by atoms with Gasteiger partial charge in [-0.25, -0.2) is 4.39 Å².